The number of carbonyl (C=O) groups excluding carboxylic acids is 1. The average Bonchev–Trinajstić information content (AvgIpc) is 3.16. The maximum absolute atomic E-state index is 12.5. The van der Waals surface area contributed by atoms with E-state index in [9.17, 15) is 4.79 Å². The molecule has 5 heteroatoms. The summed E-state index contributed by atoms with van der Waals surface area (Å²) >= 11 is 1.79. The Morgan fingerprint density at radius 1 is 1.16 bits per heavy atom. The van der Waals surface area contributed by atoms with Gasteiger partial charge in [0.15, 0.2) is 11.5 Å². The molecule has 1 aromatic heterocycles. The predicted molar refractivity (Wildman–Crippen MR) is 101 cm³/mol. The summed E-state index contributed by atoms with van der Waals surface area (Å²) in [5.74, 6) is 1.74. The Hall–Kier alpha value is -2.01. The zero-order chi connectivity index (χ0) is 17.6. The lowest BCUT2D eigenvalue weighted by Gasteiger charge is -2.29. The van der Waals surface area contributed by atoms with Crippen LogP contribution < -0.4 is 9.47 Å². The molecule has 4 nitrogen and oxygen atoms in total. The fraction of sp³-hybridized carbons (Fsp3) is 0.450. The highest BCUT2D eigenvalue weighted by Gasteiger charge is 2.22. The van der Waals surface area contributed by atoms with Crippen molar-refractivity contribution >= 4 is 17.2 Å². The minimum absolute atomic E-state index is 0.256. The Labute approximate surface area is 153 Å². The van der Waals surface area contributed by atoms with E-state index >= 15 is 0 Å². The van der Waals surface area contributed by atoms with Crippen LogP contribution in [0.5, 0.6) is 11.5 Å². The number of fused-ring (bicyclic) bond motifs is 1. The number of amides is 1. The molecule has 0 fully saturated rings. The fourth-order valence-corrected chi connectivity index (χ4v) is 4.04. The van der Waals surface area contributed by atoms with Crippen molar-refractivity contribution in [2.75, 3.05) is 20.8 Å². The molecule has 0 saturated carbocycles. The number of hydrogen-bond acceptors (Lipinski definition) is 4. The van der Waals surface area contributed by atoms with Gasteiger partial charge in [-0.1, -0.05) is 6.07 Å². The largest absolute Gasteiger partial charge is 0.493 e. The second-order valence-electron chi connectivity index (χ2n) is 6.33. The molecule has 25 heavy (non-hydrogen) atoms. The molecule has 0 unspecified atom stereocenters. The fourth-order valence-electron chi connectivity index (χ4n) is 3.28. The number of unbranched alkanes of at least 4 members (excludes halogenated alkanes) is 1. The molecule has 0 saturated heterocycles. The number of methoxy groups -OCH3 is 2. The third-order valence-electron chi connectivity index (χ3n) is 4.71. The summed E-state index contributed by atoms with van der Waals surface area (Å²) in [7, 11) is 3.29. The van der Waals surface area contributed by atoms with Crippen molar-refractivity contribution < 1.29 is 14.3 Å². The Balaban J connectivity index is 1.53. The minimum Gasteiger partial charge on any atom is -0.493 e. The molecule has 3 rings (SSSR count). The third kappa shape index (κ3) is 4.34. The van der Waals surface area contributed by atoms with Gasteiger partial charge in [0.1, 0.15) is 0 Å². The van der Waals surface area contributed by atoms with Crippen LogP contribution in [0.25, 0.3) is 0 Å². The molecule has 0 bridgehead atoms. The van der Waals surface area contributed by atoms with Crippen molar-refractivity contribution in [3.8, 4) is 11.5 Å². The van der Waals surface area contributed by atoms with Gasteiger partial charge in [0.25, 0.3) is 0 Å². The van der Waals surface area contributed by atoms with E-state index in [4.69, 9.17) is 9.47 Å². The summed E-state index contributed by atoms with van der Waals surface area (Å²) in [6, 6.07) is 8.29. The summed E-state index contributed by atoms with van der Waals surface area (Å²) < 4.78 is 10.8. The van der Waals surface area contributed by atoms with E-state index in [-0.39, 0.29) is 5.91 Å². The number of aryl methyl sites for hydroxylation is 1. The van der Waals surface area contributed by atoms with Gasteiger partial charge >= 0.3 is 0 Å². The van der Waals surface area contributed by atoms with Crippen LogP contribution in [0.15, 0.2) is 29.6 Å². The Morgan fingerprint density at radius 3 is 2.60 bits per heavy atom. The number of thiophene rings is 1. The topological polar surface area (TPSA) is 38.8 Å². The molecule has 2 heterocycles. The molecule has 134 valence electrons. The Bertz CT molecular complexity index is 712. The first-order valence-electron chi connectivity index (χ1n) is 8.75. The van der Waals surface area contributed by atoms with Gasteiger partial charge in [0.05, 0.1) is 14.2 Å². The van der Waals surface area contributed by atoms with Crippen LogP contribution >= 0.6 is 11.3 Å². The van der Waals surface area contributed by atoms with Crippen LogP contribution in [0.3, 0.4) is 0 Å². The molecule has 1 aromatic carbocycles. The van der Waals surface area contributed by atoms with E-state index in [2.05, 4.69) is 17.5 Å². The molecule has 2 aromatic rings. The smallest absolute Gasteiger partial charge is 0.222 e. The lowest BCUT2D eigenvalue weighted by Crippen LogP contribution is -2.35. The lowest BCUT2D eigenvalue weighted by atomic mass is 9.98. The highest BCUT2D eigenvalue weighted by Crippen LogP contribution is 2.33. The van der Waals surface area contributed by atoms with Crippen LogP contribution in [0.1, 0.15) is 35.3 Å². The first-order valence-corrected chi connectivity index (χ1v) is 9.63. The zero-order valence-corrected chi connectivity index (χ0v) is 15.7. The minimum atomic E-state index is 0.256. The van der Waals surface area contributed by atoms with Gasteiger partial charge in [-0.25, -0.2) is 0 Å². The number of benzene rings is 1. The van der Waals surface area contributed by atoms with Gasteiger partial charge < -0.3 is 14.4 Å². The zero-order valence-electron chi connectivity index (χ0n) is 14.9. The molecule has 0 N–H and O–H groups in total. The van der Waals surface area contributed by atoms with Gasteiger partial charge in [0, 0.05) is 24.4 Å². The highest BCUT2D eigenvalue weighted by molar-refractivity contribution is 7.09. The second kappa shape index (κ2) is 8.39. The van der Waals surface area contributed by atoms with E-state index < -0.39 is 0 Å². The van der Waals surface area contributed by atoms with E-state index in [1.54, 1.807) is 25.6 Å². The average molecular weight is 359 g/mol. The highest BCUT2D eigenvalue weighted by atomic mass is 32.1. The van der Waals surface area contributed by atoms with Crippen molar-refractivity contribution in [2.24, 2.45) is 0 Å². The SMILES string of the molecule is COc1cc2c(cc1OC)CN(C(=O)CCCCc1cccs1)CC2. The molecular weight excluding hydrogens is 334 g/mol. The lowest BCUT2D eigenvalue weighted by molar-refractivity contribution is -0.132. The van der Waals surface area contributed by atoms with Crippen molar-refractivity contribution in [1.29, 1.82) is 0 Å². The Morgan fingerprint density at radius 2 is 1.92 bits per heavy atom. The second-order valence-corrected chi connectivity index (χ2v) is 7.36. The van der Waals surface area contributed by atoms with Crippen molar-refractivity contribution in [3.05, 3.63) is 45.6 Å². The molecule has 0 radical (unpaired) electrons. The van der Waals surface area contributed by atoms with Crippen molar-refractivity contribution in [3.63, 3.8) is 0 Å². The van der Waals surface area contributed by atoms with Gasteiger partial charge in [0.2, 0.25) is 5.91 Å². The molecule has 0 atom stereocenters. The van der Waals surface area contributed by atoms with E-state index in [1.165, 1.54) is 10.4 Å². The van der Waals surface area contributed by atoms with Crippen LogP contribution in [0.4, 0.5) is 0 Å². The standard InChI is InChI=1S/C20H25NO3S/c1-23-18-12-15-9-10-21(14-16(15)13-19(18)24-2)20(22)8-4-3-6-17-7-5-11-25-17/h5,7,11-13H,3-4,6,8-10,14H2,1-2H3. The predicted octanol–water partition coefficient (Wildman–Crippen LogP) is 4.06. The molecule has 0 aliphatic carbocycles. The first-order chi connectivity index (χ1) is 12.2. The number of carbonyl (C=O) groups is 1. The summed E-state index contributed by atoms with van der Waals surface area (Å²) in [5, 5.41) is 2.11. The third-order valence-corrected chi connectivity index (χ3v) is 5.65. The summed E-state index contributed by atoms with van der Waals surface area (Å²) in [6.45, 7) is 1.45. The number of hydrogen-bond donors (Lipinski definition) is 0. The summed E-state index contributed by atoms with van der Waals surface area (Å²) in [4.78, 5) is 15.9. The maximum Gasteiger partial charge on any atom is 0.222 e. The number of nitrogens with zero attached hydrogens (tertiary/aromatic N) is 1. The van der Waals surface area contributed by atoms with Gasteiger partial charge in [-0.15, -0.1) is 11.3 Å². The van der Waals surface area contributed by atoms with Gasteiger partial charge in [-0.2, -0.15) is 0 Å². The van der Waals surface area contributed by atoms with Gasteiger partial charge in [-0.05, 0) is 60.4 Å². The number of rotatable bonds is 7. The van der Waals surface area contributed by atoms with Crippen LogP contribution in [-0.2, 0) is 24.2 Å². The molecular formula is C20H25NO3S. The van der Waals surface area contributed by atoms with Crippen LogP contribution in [-0.4, -0.2) is 31.6 Å². The molecule has 1 amide bonds. The summed E-state index contributed by atoms with van der Waals surface area (Å²) in [5.41, 5.74) is 2.41. The quantitative estimate of drug-likeness (QED) is 0.700. The molecule has 1 aliphatic rings. The normalized spacial score (nSPS) is 13.4. The van der Waals surface area contributed by atoms with E-state index in [0.29, 0.717) is 13.0 Å². The Kier molecular flexibility index (Phi) is 5.97. The van der Waals surface area contributed by atoms with Crippen LogP contribution in [0.2, 0.25) is 0 Å². The van der Waals surface area contributed by atoms with E-state index in [1.807, 2.05) is 17.0 Å². The van der Waals surface area contributed by atoms with Gasteiger partial charge in [-0.3, -0.25) is 4.79 Å². The van der Waals surface area contributed by atoms with Crippen LogP contribution in [0, 0.1) is 0 Å². The summed E-state index contributed by atoms with van der Waals surface area (Å²) in [6.07, 6.45) is 4.60. The molecule has 1 aliphatic heterocycles. The monoisotopic (exact) mass is 359 g/mol. The van der Waals surface area contributed by atoms with E-state index in [0.717, 1.165) is 49.3 Å². The van der Waals surface area contributed by atoms with Crippen molar-refractivity contribution in [2.45, 2.75) is 38.6 Å². The first kappa shape index (κ1) is 17.8. The molecule has 0 spiro atoms. The van der Waals surface area contributed by atoms with Crippen molar-refractivity contribution in [1.82, 2.24) is 4.90 Å². The number of ether oxygens (including phenoxy) is 2. The maximum atomic E-state index is 12.5.